The number of amides is 1. The highest BCUT2D eigenvalue weighted by Crippen LogP contribution is 2.31. The minimum Gasteiger partial charge on any atom is -0.489 e. The van der Waals surface area contributed by atoms with Gasteiger partial charge in [-0.15, -0.1) is 0 Å². The van der Waals surface area contributed by atoms with Crippen molar-refractivity contribution in [1.82, 2.24) is 15.1 Å². The number of ether oxygens (including phenoxy) is 1. The summed E-state index contributed by atoms with van der Waals surface area (Å²) >= 11 is 6.64. The van der Waals surface area contributed by atoms with E-state index in [-0.39, 0.29) is 17.4 Å². The van der Waals surface area contributed by atoms with E-state index in [4.69, 9.17) is 16.3 Å². The van der Waals surface area contributed by atoms with Crippen molar-refractivity contribution in [3.63, 3.8) is 0 Å². The van der Waals surface area contributed by atoms with Crippen LogP contribution in [0.2, 0.25) is 5.02 Å². The molecule has 0 aromatic heterocycles. The van der Waals surface area contributed by atoms with Gasteiger partial charge in [-0.25, -0.2) is 0 Å². The van der Waals surface area contributed by atoms with E-state index in [0.29, 0.717) is 28.8 Å². The van der Waals surface area contributed by atoms with Gasteiger partial charge in [0, 0.05) is 44.2 Å². The van der Waals surface area contributed by atoms with Crippen molar-refractivity contribution < 1.29 is 9.53 Å². The molecule has 5 rings (SSSR count). The minimum atomic E-state index is -0.0860. The molecule has 2 fully saturated rings. The predicted octanol–water partition coefficient (Wildman–Crippen LogP) is 7.65. The van der Waals surface area contributed by atoms with Crippen LogP contribution in [0.1, 0.15) is 79.8 Å². The van der Waals surface area contributed by atoms with Crippen molar-refractivity contribution in [3.8, 4) is 5.75 Å². The first kappa shape index (κ1) is 31.6. The van der Waals surface area contributed by atoms with E-state index in [1.54, 1.807) is 6.07 Å². The average Bonchev–Trinajstić information content (AvgIpc) is 3.29. The van der Waals surface area contributed by atoms with Crippen LogP contribution >= 0.6 is 11.6 Å². The summed E-state index contributed by atoms with van der Waals surface area (Å²) in [7, 11) is 0. The molecule has 230 valence electrons. The van der Waals surface area contributed by atoms with Gasteiger partial charge in [-0.05, 0) is 73.5 Å². The fourth-order valence-corrected chi connectivity index (χ4v) is 6.76. The Balaban J connectivity index is 1.10. The first-order valence-corrected chi connectivity index (χ1v) is 16.5. The van der Waals surface area contributed by atoms with Gasteiger partial charge in [0.05, 0.1) is 5.02 Å². The molecular formula is C37H48ClN3O2. The third-order valence-electron chi connectivity index (χ3n) is 8.94. The summed E-state index contributed by atoms with van der Waals surface area (Å²) in [5.41, 5.74) is 3.28. The molecule has 0 radical (unpaired) electrons. The summed E-state index contributed by atoms with van der Waals surface area (Å²) in [5, 5.41) is 3.64. The van der Waals surface area contributed by atoms with Crippen LogP contribution in [0.15, 0.2) is 78.9 Å². The summed E-state index contributed by atoms with van der Waals surface area (Å²) in [6, 6.07) is 27.0. The molecule has 1 N–H and O–H groups in total. The molecule has 3 aromatic rings. The lowest BCUT2D eigenvalue weighted by molar-refractivity contribution is 0.0921. The highest BCUT2D eigenvalue weighted by Gasteiger charge is 2.26. The van der Waals surface area contributed by atoms with Crippen molar-refractivity contribution in [2.75, 3.05) is 45.8 Å². The fraction of sp³-hybridized carbons (Fsp3) is 0.486. The standard InChI is InChI=1S/C37H48ClN3O2/c1-37(2,28-41-21-11-3-4-12-22-41)27-39-36(42)31-17-18-35(34(38)25-31)43-32-19-23-40(24-20-32)26-33(29-13-7-5-8-14-29)30-15-9-6-10-16-30/h5-10,13-18,25,32-33H,3-4,11-12,19-24,26-28H2,1-2H3,(H,39,42). The number of halogens is 1. The molecule has 0 atom stereocenters. The Kier molecular flexibility index (Phi) is 11.2. The monoisotopic (exact) mass is 601 g/mol. The second-order valence-electron chi connectivity index (χ2n) is 13.2. The zero-order chi connectivity index (χ0) is 30.1. The van der Waals surface area contributed by atoms with Gasteiger partial charge >= 0.3 is 0 Å². The molecule has 3 aromatic carbocycles. The number of hydrogen-bond donors (Lipinski definition) is 1. The predicted molar refractivity (Wildman–Crippen MR) is 177 cm³/mol. The number of piperidine rings is 1. The number of rotatable bonds is 11. The third-order valence-corrected chi connectivity index (χ3v) is 9.24. The minimum absolute atomic E-state index is 0.00389. The Labute approximate surface area is 263 Å². The second-order valence-corrected chi connectivity index (χ2v) is 13.6. The fourth-order valence-electron chi connectivity index (χ4n) is 6.54. The summed E-state index contributed by atoms with van der Waals surface area (Å²) in [6.07, 6.45) is 7.21. The van der Waals surface area contributed by atoms with Crippen LogP contribution in [0.5, 0.6) is 5.75 Å². The van der Waals surface area contributed by atoms with Gasteiger partial charge in [-0.3, -0.25) is 4.79 Å². The summed E-state index contributed by atoms with van der Waals surface area (Å²) in [5.74, 6) is 0.912. The SMILES string of the molecule is CC(C)(CNC(=O)c1ccc(OC2CCN(CC(c3ccccc3)c3ccccc3)CC2)c(Cl)c1)CN1CCCCCC1. The number of hydrogen-bond acceptors (Lipinski definition) is 4. The summed E-state index contributed by atoms with van der Waals surface area (Å²) < 4.78 is 6.36. The van der Waals surface area contributed by atoms with Gasteiger partial charge < -0.3 is 19.9 Å². The molecule has 5 nitrogen and oxygen atoms in total. The molecule has 0 unspecified atom stereocenters. The molecule has 0 spiro atoms. The van der Waals surface area contributed by atoms with Gasteiger partial charge in [0.25, 0.3) is 5.91 Å². The lowest BCUT2D eigenvalue weighted by Crippen LogP contribution is -2.42. The van der Waals surface area contributed by atoms with Crippen LogP contribution < -0.4 is 10.1 Å². The molecule has 0 bridgehead atoms. The Morgan fingerprint density at radius 3 is 2.05 bits per heavy atom. The van der Waals surface area contributed by atoms with Crippen LogP contribution in [0.3, 0.4) is 0 Å². The van der Waals surface area contributed by atoms with E-state index in [9.17, 15) is 4.79 Å². The Hall–Kier alpha value is -2.86. The van der Waals surface area contributed by atoms with Crippen molar-refractivity contribution in [1.29, 1.82) is 0 Å². The maximum absolute atomic E-state index is 13.0. The van der Waals surface area contributed by atoms with E-state index in [2.05, 4.69) is 89.6 Å². The second kappa shape index (κ2) is 15.2. The molecule has 1 amide bonds. The quantitative estimate of drug-likeness (QED) is 0.245. The molecule has 2 heterocycles. The van der Waals surface area contributed by atoms with Crippen molar-refractivity contribution in [3.05, 3.63) is 101 Å². The van der Waals surface area contributed by atoms with Gasteiger partial charge in [0.2, 0.25) is 0 Å². The maximum atomic E-state index is 13.0. The van der Waals surface area contributed by atoms with Gasteiger partial charge in [0.1, 0.15) is 11.9 Å². The molecule has 6 heteroatoms. The topological polar surface area (TPSA) is 44.8 Å². The van der Waals surface area contributed by atoms with E-state index in [1.165, 1.54) is 36.8 Å². The van der Waals surface area contributed by atoms with Crippen LogP contribution in [-0.2, 0) is 0 Å². The number of likely N-dealkylation sites (tertiary alicyclic amines) is 2. The van der Waals surface area contributed by atoms with Gasteiger partial charge in [-0.2, -0.15) is 0 Å². The van der Waals surface area contributed by atoms with Gasteiger partial charge in [0.15, 0.2) is 0 Å². The Bertz CT molecular complexity index is 1240. The van der Waals surface area contributed by atoms with Crippen LogP contribution in [0.25, 0.3) is 0 Å². The van der Waals surface area contributed by atoms with Crippen LogP contribution in [0, 0.1) is 5.41 Å². The number of nitrogens with zero attached hydrogens (tertiary/aromatic N) is 2. The van der Waals surface area contributed by atoms with Crippen molar-refractivity contribution >= 4 is 17.5 Å². The average molecular weight is 602 g/mol. The number of benzene rings is 3. The van der Waals surface area contributed by atoms with Crippen molar-refractivity contribution in [2.45, 2.75) is 64.4 Å². The smallest absolute Gasteiger partial charge is 0.251 e. The van der Waals surface area contributed by atoms with E-state index in [1.807, 2.05) is 12.1 Å². The van der Waals surface area contributed by atoms with Gasteiger partial charge in [-0.1, -0.05) is 99.0 Å². The normalized spacial score (nSPS) is 17.5. The Morgan fingerprint density at radius 1 is 0.860 bits per heavy atom. The molecule has 2 saturated heterocycles. The zero-order valence-electron chi connectivity index (χ0n) is 25.9. The lowest BCUT2D eigenvalue weighted by atomic mass is 9.90. The Morgan fingerprint density at radius 2 is 1.47 bits per heavy atom. The summed E-state index contributed by atoms with van der Waals surface area (Å²) in [6.45, 7) is 11.4. The maximum Gasteiger partial charge on any atom is 0.251 e. The molecule has 2 aliphatic rings. The van der Waals surface area contributed by atoms with Crippen LogP contribution in [0.4, 0.5) is 0 Å². The van der Waals surface area contributed by atoms with E-state index in [0.717, 1.165) is 52.1 Å². The van der Waals surface area contributed by atoms with E-state index < -0.39 is 0 Å². The summed E-state index contributed by atoms with van der Waals surface area (Å²) in [4.78, 5) is 18.1. The lowest BCUT2D eigenvalue weighted by Gasteiger charge is -2.35. The van der Waals surface area contributed by atoms with Crippen molar-refractivity contribution in [2.24, 2.45) is 5.41 Å². The highest BCUT2D eigenvalue weighted by molar-refractivity contribution is 6.32. The van der Waals surface area contributed by atoms with E-state index >= 15 is 0 Å². The number of carbonyl (C=O) groups is 1. The molecule has 0 aliphatic carbocycles. The first-order chi connectivity index (χ1) is 20.9. The molecule has 43 heavy (non-hydrogen) atoms. The van der Waals surface area contributed by atoms with Crippen LogP contribution in [-0.4, -0.2) is 67.6 Å². The molecule has 2 aliphatic heterocycles. The first-order valence-electron chi connectivity index (χ1n) is 16.2. The zero-order valence-corrected chi connectivity index (χ0v) is 26.7. The third kappa shape index (κ3) is 9.31. The molecule has 0 saturated carbocycles. The largest absolute Gasteiger partial charge is 0.489 e. The number of nitrogens with one attached hydrogen (secondary N) is 1. The highest BCUT2D eigenvalue weighted by atomic mass is 35.5. The number of carbonyl (C=O) groups excluding carboxylic acids is 1. The molecular weight excluding hydrogens is 554 g/mol.